The van der Waals surface area contributed by atoms with Crippen molar-refractivity contribution in [3.63, 3.8) is 0 Å². The number of fused-ring (bicyclic) bond motifs is 2. The van der Waals surface area contributed by atoms with E-state index in [-0.39, 0.29) is 66.9 Å². The van der Waals surface area contributed by atoms with E-state index >= 15 is 0 Å². The lowest BCUT2D eigenvalue weighted by Crippen LogP contribution is -2.29. The molecule has 2 heterocycles. The minimum Gasteiger partial charge on any atom is -0.478 e. The fourth-order valence-corrected chi connectivity index (χ4v) is 10.1. The molecule has 24 nitrogen and oxygen atoms in total. The molecule has 74 heavy (non-hydrogen) atoms. The van der Waals surface area contributed by atoms with Crippen LogP contribution in [0.1, 0.15) is 52.6 Å². The molecule has 0 radical (unpaired) electrons. The van der Waals surface area contributed by atoms with Gasteiger partial charge in [0.1, 0.15) is 9.79 Å². The average Bonchev–Trinajstić information content (AvgIpc) is 3.33. The van der Waals surface area contributed by atoms with E-state index in [9.17, 15) is 73.1 Å². The van der Waals surface area contributed by atoms with Gasteiger partial charge in [0.15, 0.2) is 11.6 Å². The smallest absolute Gasteiger partial charge is 0.337 e. The van der Waals surface area contributed by atoms with Crippen LogP contribution < -0.4 is 26.8 Å². The predicted octanol–water partition coefficient (Wildman–Crippen LogP) is 6.28. The van der Waals surface area contributed by atoms with Crippen molar-refractivity contribution < 1.29 is 68.3 Å². The third kappa shape index (κ3) is 9.26. The normalized spacial score (nSPS) is 12.2. The van der Waals surface area contributed by atoms with Crippen molar-refractivity contribution in [3.8, 4) is 11.1 Å². The molecule has 0 spiro atoms. The molecule has 0 saturated heterocycles. The van der Waals surface area contributed by atoms with Gasteiger partial charge < -0.3 is 36.0 Å². The first-order chi connectivity index (χ1) is 34.9. The Morgan fingerprint density at radius 3 is 1.54 bits per heavy atom. The molecule has 1 aliphatic rings. The van der Waals surface area contributed by atoms with E-state index in [1.807, 2.05) is 0 Å². The first-order valence-corrected chi connectivity index (χ1v) is 25.3. The molecule has 0 amide bonds. The van der Waals surface area contributed by atoms with Gasteiger partial charge in [0, 0.05) is 29.1 Å². The zero-order valence-corrected chi connectivity index (χ0v) is 39.7. The van der Waals surface area contributed by atoms with Crippen molar-refractivity contribution in [3.05, 3.63) is 165 Å². The number of rotatable bonds is 15. The van der Waals surface area contributed by atoms with Gasteiger partial charge >= 0.3 is 11.9 Å². The number of nitrogens with one attached hydrogen (secondary N) is 4. The average molecular weight is 1060 g/mol. The highest BCUT2D eigenvalue weighted by atomic mass is 32.2. The van der Waals surface area contributed by atoms with Gasteiger partial charge in [0.05, 0.1) is 61.1 Å². The van der Waals surface area contributed by atoms with Crippen LogP contribution in [0, 0.1) is 0 Å². The number of hydrogen-bond acceptors (Lipinski definition) is 18. The fraction of sp³-hybridized carbons (Fsp3) is 0.0213. The summed E-state index contributed by atoms with van der Waals surface area (Å²) in [5, 5.41) is 30.3. The summed E-state index contributed by atoms with van der Waals surface area (Å²) in [4.78, 5) is 77.2. The summed E-state index contributed by atoms with van der Waals surface area (Å²) in [6, 6.07) is 24.8. The molecule has 8 aromatic rings. The zero-order chi connectivity index (χ0) is 53.2. The van der Waals surface area contributed by atoms with Crippen molar-refractivity contribution in [1.82, 2.24) is 19.5 Å². The second-order valence-corrected chi connectivity index (χ2v) is 20.2. The lowest BCUT2D eigenvalue weighted by atomic mass is 9.80. The fourth-order valence-electron chi connectivity index (χ4n) is 8.22. The number of anilines is 8. The number of hydrogen-bond donors (Lipinski definition) is 9. The molecule has 1 aliphatic carbocycles. The molecule has 0 saturated carbocycles. The maximum Gasteiger partial charge on any atom is 0.337 e. The lowest BCUT2D eigenvalue weighted by molar-refractivity contribution is 0.0687. The summed E-state index contributed by atoms with van der Waals surface area (Å²) in [7, 11) is -14.5. The van der Waals surface area contributed by atoms with E-state index in [2.05, 4.69) is 36.2 Å². The van der Waals surface area contributed by atoms with E-state index in [1.165, 1.54) is 98.0 Å². The third-order valence-electron chi connectivity index (χ3n) is 11.4. The standard InChI is InChI=1S/C47H32N8O16S3/c1-55-33-18-17-30(37-38(33)36(24-11-2-3-12-25(24)41(37)57)39(42(55)58)40(56)22-9-8-10-23(19-22)72(63,64)65)48-31-20-32(35(74(69,70)71)21-34(31)73(66,67)68)51-47-53-45(49-28-15-6-4-13-26(28)43(59)60)52-46(54-47)50-29-16-7-5-14-27(29)44(61)62/h2-21,48H,1H3,(H,59,60)(H,61,62)(H,63,64,65)(H,66,67,68)(H,69,70,71)(H3,49,50,51,52,53,54). The largest absolute Gasteiger partial charge is 0.478 e. The number of carbonyl (C=O) groups is 4. The number of aromatic carboxylic acids is 2. The molecule has 0 atom stereocenters. The minimum atomic E-state index is -5.48. The van der Waals surface area contributed by atoms with Gasteiger partial charge in [-0.15, -0.1) is 0 Å². The van der Waals surface area contributed by atoms with Crippen molar-refractivity contribution >= 4 is 111 Å². The van der Waals surface area contributed by atoms with Gasteiger partial charge in [0.2, 0.25) is 17.8 Å². The SMILES string of the molecule is Cn1c(=O)c(C(=O)c2cccc(S(=O)(=O)O)c2)c2c3c(c(Nc4cc(Nc5nc(Nc6ccccc6C(=O)O)nc(Nc6ccccc6C(=O)O)n5)c(S(=O)(=O)O)cc4S(=O)(=O)O)ccc31)C(=O)c1ccccc1-2. The topological polar surface area (TPSA) is 381 Å². The van der Waals surface area contributed by atoms with Crippen LogP contribution in [-0.4, -0.2) is 92.1 Å². The van der Waals surface area contributed by atoms with Gasteiger partial charge in [-0.3, -0.25) is 28.0 Å². The highest BCUT2D eigenvalue weighted by Crippen LogP contribution is 2.45. The van der Waals surface area contributed by atoms with Crippen LogP contribution in [0.4, 0.5) is 46.3 Å². The van der Waals surface area contributed by atoms with Gasteiger partial charge in [-0.1, -0.05) is 60.7 Å². The second-order valence-electron chi connectivity index (χ2n) is 16.0. The molecule has 374 valence electrons. The summed E-state index contributed by atoms with van der Waals surface area (Å²) in [5.41, 5.74) is -4.31. The number of para-hydroxylation sites is 2. The first-order valence-electron chi connectivity index (χ1n) is 21.0. The van der Waals surface area contributed by atoms with E-state index in [1.54, 1.807) is 0 Å². The van der Waals surface area contributed by atoms with Crippen molar-refractivity contribution in [2.45, 2.75) is 14.7 Å². The van der Waals surface area contributed by atoms with Gasteiger partial charge in [0.25, 0.3) is 35.9 Å². The predicted molar refractivity (Wildman–Crippen MR) is 264 cm³/mol. The van der Waals surface area contributed by atoms with Crippen molar-refractivity contribution in [2.24, 2.45) is 7.05 Å². The number of carboxylic acid groups (broad SMARTS) is 2. The quantitative estimate of drug-likeness (QED) is 0.0403. The van der Waals surface area contributed by atoms with Crippen molar-refractivity contribution in [2.75, 3.05) is 21.3 Å². The van der Waals surface area contributed by atoms with Gasteiger partial charge in [-0.25, -0.2) is 9.59 Å². The molecule has 6 aromatic carbocycles. The van der Waals surface area contributed by atoms with Gasteiger partial charge in [-0.2, -0.15) is 40.2 Å². The highest BCUT2D eigenvalue weighted by Gasteiger charge is 2.35. The number of aromatic nitrogens is 4. The van der Waals surface area contributed by atoms with Crippen LogP contribution in [0.3, 0.4) is 0 Å². The Bertz CT molecular complexity index is 4150. The third-order valence-corrected chi connectivity index (χ3v) is 14.1. The molecule has 2 aromatic heterocycles. The van der Waals surface area contributed by atoms with Crippen LogP contribution in [0.5, 0.6) is 0 Å². The molecule has 9 N–H and O–H groups in total. The summed E-state index contributed by atoms with van der Waals surface area (Å²) >= 11 is 0. The summed E-state index contributed by atoms with van der Waals surface area (Å²) in [6.07, 6.45) is 0. The Kier molecular flexibility index (Phi) is 12.4. The highest BCUT2D eigenvalue weighted by molar-refractivity contribution is 7.87. The summed E-state index contributed by atoms with van der Waals surface area (Å²) < 4.78 is 108. The zero-order valence-electron chi connectivity index (χ0n) is 37.3. The van der Waals surface area contributed by atoms with Crippen LogP contribution in [0.15, 0.2) is 141 Å². The first kappa shape index (κ1) is 49.7. The van der Waals surface area contributed by atoms with Gasteiger partial charge in [-0.05, 0) is 66.2 Å². The molecular weight excluding hydrogens is 1030 g/mol. The molecular formula is C47H32N8O16S3. The minimum absolute atomic E-state index is 0.0458. The maximum absolute atomic E-state index is 14.7. The molecule has 0 aliphatic heterocycles. The number of carboxylic acids is 2. The Labute approximate surface area is 416 Å². The number of benzene rings is 6. The Hall–Kier alpha value is -9.25. The molecule has 9 rings (SSSR count). The number of nitrogens with zero attached hydrogens (tertiary/aromatic N) is 4. The number of ketones is 2. The molecule has 27 heteroatoms. The Balaban J connectivity index is 1.24. The second kappa shape index (κ2) is 18.4. The van der Waals surface area contributed by atoms with E-state index in [0.29, 0.717) is 6.07 Å². The van der Waals surface area contributed by atoms with Crippen LogP contribution in [0.2, 0.25) is 0 Å². The summed E-state index contributed by atoms with van der Waals surface area (Å²) in [5.74, 6) is -5.97. The molecule has 0 fully saturated rings. The molecule has 0 bridgehead atoms. The monoisotopic (exact) mass is 1060 g/mol. The van der Waals surface area contributed by atoms with E-state index in [0.717, 1.165) is 28.8 Å². The maximum atomic E-state index is 14.7. The molecule has 0 unspecified atom stereocenters. The number of aryl methyl sites for hydroxylation is 1. The Morgan fingerprint density at radius 2 is 1.01 bits per heavy atom. The Morgan fingerprint density at radius 1 is 0.514 bits per heavy atom. The van der Waals surface area contributed by atoms with Crippen LogP contribution >= 0.6 is 0 Å². The number of carbonyl (C=O) groups excluding carboxylic acids is 2. The number of pyridine rings is 1. The van der Waals surface area contributed by atoms with Crippen LogP contribution in [0.25, 0.3) is 22.0 Å². The van der Waals surface area contributed by atoms with Crippen LogP contribution in [-0.2, 0) is 37.4 Å². The van der Waals surface area contributed by atoms with E-state index in [4.69, 9.17) is 0 Å². The lowest BCUT2D eigenvalue weighted by Gasteiger charge is -2.26. The van der Waals surface area contributed by atoms with Crippen molar-refractivity contribution in [1.29, 1.82) is 0 Å². The van der Waals surface area contributed by atoms with E-state index < -0.39 is 109 Å². The summed E-state index contributed by atoms with van der Waals surface area (Å²) in [6.45, 7) is 0.